The lowest BCUT2D eigenvalue weighted by Gasteiger charge is -2.27. The maximum absolute atomic E-state index is 13.4. The lowest BCUT2D eigenvalue weighted by molar-refractivity contribution is -0.122. The Kier molecular flexibility index (Phi) is 7.86. The molecule has 176 valence electrons. The second-order valence-electron chi connectivity index (χ2n) is 9.10. The number of unbranched alkanes of at least 4 members (excludes halogenated alkanes) is 3. The van der Waals surface area contributed by atoms with E-state index in [0.29, 0.717) is 32.8 Å². The van der Waals surface area contributed by atoms with Crippen molar-refractivity contribution < 1.29 is 4.79 Å². The van der Waals surface area contributed by atoms with Crippen molar-refractivity contribution in [3.05, 3.63) is 45.2 Å². The summed E-state index contributed by atoms with van der Waals surface area (Å²) in [6, 6.07) is 5.79. The van der Waals surface area contributed by atoms with E-state index in [1.807, 2.05) is 18.2 Å². The van der Waals surface area contributed by atoms with Crippen molar-refractivity contribution in [3.63, 3.8) is 0 Å². The number of nitrogens with zero attached hydrogens (tertiary/aromatic N) is 3. The molecule has 2 aromatic rings. The number of aromatic nitrogens is 2. The summed E-state index contributed by atoms with van der Waals surface area (Å²) in [6.07, 6.45) is 12.1. The molecule has 1 aliphatic carbocycles. The number of hydrogen-bond donors (Lipinski definition) is 1. The van der Waals surface area contributed by atoms with Crippen molar-refractivity contribution in [1.82, 2.24) is 14.3 Å². The van der Waals surface area contributed by atoms with Gasteiger partial charge >= 0.3 is 0 Å². The summed E-state index contributed by atoms with van der Waals surface area (Å²) < 4.78 is 2.10. The van der Waals surface area contributed by atoms with Gasteiger partial charge in [-0.05, 0) is 56.2 Å². The van der Waals surface area contributed by atoms with Crippen molar-refractivity contribution in [2.45, 2.75) is 71.3 Å². The Morgan fingerprint density at radius 3 is 2.73 bits per heavy atom. The van der Waals surface area contributed by atoms with Gasteiger partial charge in [0.25, 0.3) is 11.5 Å². The molecular formula is C25H32N4O2S2. The molecule has 1 amide bonds. The first-order valence-electron chi connectivity index (χ1n) is 12.0. The topological polar surface area (TPSA) is 66.7 Å². The molecule has 3 heterocycles. The molecule has 1 aliphatic heterocycles. The van der Waals surface area contributed by atoms with Crippen molar-refractivity contribution in [2.24, 2.45) is 5.92 Å². The average molecular weight is 485 g/mol. The molecule has 6 nitrogen and oxygen atoms in total. The Morgan fingerprint density at radius 2 is 1.97 bits per heavy atom. The van der Waals surface area contributed by atoms with E-state index in [9.17, 15) is 9.59 Å². The van der Waals surface area contributed by atoms with Gasteiger partial charge in [0.05, 0.1) is 10.5 Å². The van der Waals surface area contributed by atoms with Crippen LogP contribution in [-0.4, -0.2) is 37.1 Å². The van der Waals surface area contributed by atoms with E-state index in [-0.39, 0.29) is 17.5 Å². The van der Waals surface area contributed by atoms with Gasteiger partial charge in [0, 0.05) is 18.8 Å². The number of anilines is 1. The molecule has 1 saturated carbocycles. The number of carbonyl (C=O) groups is 1. The van der Waals surface area contributed by atoms with Gasteiger partial charge in [-0.15, -0.1) is 0 Å². The van der Waals surface area contributed by atoms with Crippen LogP contribution in [0.25, 0.3) is 11.7 Å². The summed E-state index contributed by atoms with van der Waals surface area (Å²) in [5, 5.41) is 3.53. The van der Waals surface area contributed by atoms with Crippen LogP contribution < -0.4 is 10.9 Å². The summed E-state index contributed by atoms with van der Waals surface area (Å²) in [4.78, 5) is 33.4. The second-order valence-corrected chi connectivity index (χ2v) is 10.8. The van der Waals surface area contributed by atoms with Crippen molar-refractivity contribution in [1.29, 1.82) is 0 Å². The third-order valence-electron chi connectivity index (χ3n) is 6.51. The average Bonchev–Trinajstić information content (AvgIpc) is 3.08. The van der Waals surface area contributed by atoms with E-state index in [1.54, 1.807) is 17.2 Å². The minimum absolute atomic E-state index is 0.114. The minimum Gasteiger partial charge on any atom is -0.367 e. The van der Waals surface area contributed by atoms with Gasteiger partial charge in [0.2, 0.25) is 0 Å². The van der Waals surface area contributed by atoms with Gasteiger partial charge < -0.3 is 5.32 Å². The second kappa shape index (κ2) is 10.8. The molecule has 0 unspecified atom stereocenters. The van der Waals surface area contributed by atoms with Crippen LogP contribution in [0.1, 0.15) is 70.8 Å². The Hall–Kier alpha value is -2.19. The molecule has 33 heavy (non-hydrogen) atoms. The van der Waals surface area contributed by atoms with Crippen LogP contribution in [0.4, 0.5) is 5.82 Å². The van der Waals surface area contributed by atoms with E-state index < -0.39 is 0 Å². The molecule has 2 fully saturated rings. The SMILES string of the molecule is CCCCCCN1C(=O)/C(=C\c2c(NC3CCC(C)CC3)nc3ccccn3c2=O)SC1=S. The number of hydrogen-bond acceptors (Lipinski definition) is 6. The van der Waals surface area contributed by atoms with Gasteiger partial charge in [-0.2, -0.15) is 0 Å². The lowest BCUT2D eigenvalue weighted by atomic mass is 9.87. The molecule has 0 bridgehead atoms. The first-order valence-corrected chi connectivity index (χ1v) is 13.2. The van der Waals surface area contributed by atoms with E-state index in [0.717, 1.165) is 57.3 Å². The smallest absolute Gasteiger partial charge is 0.267 e. The number of rotatable bonds is 8. The number of pyridine rings is 1. The lowest BCUT2D eigenvalue weighted by Crippen LogP contribution is -2.29. The Morgan fingerprint density at radius 1 is 1.18 bits per heavy atom. The summed E-state index contributed by atoms with van der Waals surface area (Å²) in [5.74, 6) is 1.17. The van der Waals surface area contributed by atoms with Crippen molar-refractivity contribution in [2.75, 3.05) is 11.9 Å². The number of fused-ring (bicyclic) bond motifs is 1. The fraction of sp³-hybridized carbons (Fsp3) is 0.520. The summed E-state index contributed by atoms with van der Waals surface area (Å²) in [6.45, 7) is 5.08. The number of amides is 1. The molecule has 0 aromatic carbocycles. The van der Waals surface area contributed by atoms with Crippen LogP contribution in [0.2, 0.25) is 0 Å². The predicted molar refractivity (Wildman–Crippen MR) is 141 cm³/mol. The van der Waals surface area contributed by atoms with E-state index in [1.165, 1.54) is 16.2 Å². The van der Waals surface area contributed by atoms with E-state index in [4.69, 9.17) is 17.2 Å². The fourth-order valence-corrected chi connectivity index (χ4v) is 5.75. The first kappa shape index (κ1) is 24.0. The third kappa shape index (κ3) is 5.49. The van der Waals surface area contributed by atoms with Crippen LogP contribution >= 0.6 is 24.0 Å². The largest absolute Gasteiger partial charge is 0.367 e. The van der Waals surface area contributed by atoms with Crippen LogP contribution in [-0.2, 0) is 4.79 Å². The molecule has 0 spiro atoms. The molecule has 2 aliphatic rings. The normalized spacial score (nSPS) is 22.5. The Balaban J connectivity index is 1.65. The van der Waals surface area contributed by atoms with Crippen LogP contribution in [0, 0.1) is 5.92 Å². The van der Waals surface area contributed by atoms with E-state index >= 15 is 0 Å². The molecule has 1 saturated heterocycles. The fourth-order valence-electron chi connectivity index (χ4n) is 4.46. The molecular weight excluding hydrogens is 452 g/mol. The van der Waals surface area contributed by atoms with Gasteiger partial charge in [-0.3, -0.25) is 18.9 Å². The Labute approximate surface area is 204 Å². The molecule has 0 radical (unpaired) electrons. The maximum atomic E-state index is 13.4. The van der Waals surface area contributed by atoms with Gasteiger partial charge in [-0.1, -0.05) is 63.2 Å². The summed E-state index contributed by atoms with van der Waals surface area (Å²) in [7, 11) is 0. The van der Waals surface area contributed by atoms with E-state index in [2.05, 4.69) is 19.2 Å². The van der Waals surface area contributed by atoms with Crippen LogP contribution in [0.3, 0.4) is 0 Å². The quantitative estimate of drug-likeness (QED) is 0.305. The van der Waals surface area contributed by atoms with Gasteiger partial charge in [0.1, 0.15) is 15.8 Å². The van der Waals surface area contributed by atoms with Crippen LogP contribution in [0.15, 0.2) is 34.1 Å². The zero-order chi connectivity index (χ0) is 23.4. The number of carbonyl (C=O) groups excluding carboxylic acids is 1. The van der Waals surface area contributed by atoms with Crippen molar-refractivity contribution in [3.8, 4) is 0 Å². The molecule has 1 N–H and O–H groups in total. The first-order chi connectivity index (χ1) is 16.0. The third-order valence-corrected chi connectivity index (χ3v) is 7.89. The Bertz CT molecular complexity index is 1120. The molecule has 4 rings (SSSR count). The molecule has 2 aromatic heterocycles. The van der Waals surface area contributed by atoms with Gasteiger partial charge in [-0.25, -0.2) is 4.98 Å². The highest BCUT2D eigenvalue weighted by atomic mass is 32.2. The highest BCUT2D eigenvalue weighted by Crippen LogP contribution is 2.34. The summed E-state index contributed by atoms with van der Waals surface area (Å²) >= 11 is 6.76. The van der Waals surface area contributed by atoms with Crippen LogP contribution in [0.5, 0.6) is 0 Å². The number of thiocarbonyl (C=S) groups is 1. The van der Waals surface area contributed by atoms with Crippen molar-refractivity contribution >= 4 is 51.7 Å². The highest BCUT2D eigenvalue weighted by molar-refractivity contribution is 8.26. The predicted octanol–water partition coefficient (Wildman–Crippen LogP) is 5.47. The monoisotopic (exact) mass is 484 g/mol. The minimum atomic E-state index is -0.180. The summed E-state index contributed by atoms with van der Waals surface area (Å²) in [5.41, 5.74) is 0.832. The number of thioether (sulfide) groups is 1. The zero-order valence-corrected chi connectivity index (χ0v) is 21.0. The highest BCUT2D eigenvalue weighted by Gasteiger charge is 2.32. The van der Waals surface area contributed by atoms with Gasteiger partial charge in [0.15, 0.2) is 0 Å². The zero-order valence-electron chi connectivity index (χ0n) is 19.4. The maximum Gasteiger partial charge on any atom is 0.267 e. The molecule has 8 heteroatoms. The standard InChI is InChI=1S/C25H32N4O2S2/c1-3-4-5-7-15-29-24(31)20(33-25(29)32)16-19-22(26-18-12-10-17(2)11-13-18)27-21-9-6-8-14-28(21)23(19)30/h6,8-9,14,16-18,26H,3-5,7,10-13,15H2,1-2H3/b20-16+. The number of nitrogens with one attached hydrogen (secondary N) is 1. The molecule has 0 atom stereocenters.